The molecule has 1 aromatic rings. The number of carbonyl (C=O) groups excluding carboxylic acids is 1. The summed E-state index contributed by atoms with van der Waals surface area (Å²) in [6.07, 6.45) is 4.00. The molecule has 2 aliphatic heterocycles. The maximum atomic E-state index is 12.4. The minimum absolute atomic E-state index is 0.0659. The van der Waals surface area contributed by atoms with E-state index in [-0.39, 0.29) is 11.9 Å². The Hall–Kier alpha value is -1.92. The molecule has 1 aliphatic carbocycles. The van der Waals surface area contributed by atoms with Crippen LogP contribution in [0.15, 0.2) is 35.5 Å². The van der Waals surface area contributed by atoms with Crippen LogP contribution in [-0.2, 0) is 16.2 Å². The third-order valence-corrected chi connectivity index (χ3v) is 5.68. The van der Waals surface area contributed by atoms with Crippen molar-refractivity contribution >= 4 is 11.6 Å². The Labute approximate surface area is 155 Å². The standard InChI is InChI=1S/C20H28N4O2/c1-24-10-9-18(21-12-15-5-3-2-4-6-15)20(14-24)11-17(23-26-20)19(25)22-13-16-7-8-16/h2-6,16,18,21H,7-14H2,1H3,(H,22,25). The summed E-state index contributed by atoms with van der Waals surface area (Å²) >= 11 is 0. The SMILES string of the molecule is CN1CCC(NCc2ccccc2)C2(CC(C(=O)NCC3CC3)=NO2)C1. The number of likely N-dealkylation sites (tertiary alicyclic amines) is 1. The van der Waals surface area contributed by atoms with E-state index in [9.17, 15) is 4.79 Å². The van der Waals surface area contributed by atoms with Crippen LogP contribution < -0.4 is 10.6 Å². The molecule has 1 amide bonds. The molecule has 3 aliphatic rings. The first-order valence-corrected chi connectivity index (χ1v) is 9.64. The molecule has 1 aromatic carbocycles. The molecule has 140 valence electrons. The van der Waals surface area contributed by atoms with E-state index in [1.807, 2.05) is 6.07 Å². The molecule has 6 nitrogen and oxygen atoms in total. The zero-order valence-corrected chi connectivity index (χ0v) is 15.4. The number of piperidine rings is 1. The summed E-state index contributed by atoms with van der Waals surface area (Å²) < 4.78 is 0. The lowest BCUT2D eigenvalue weighted by molar-refractivity contribution is -0.115. The van der Waals surface area contributed by atoms with Gasteiger partial charge in [-0.2, -0.15) is 0 Å². The van der Waals surface area contributed by atoms with Crippen molar-refractivity contribution in [1.29, 1.82) is 0 Å². The molecular weight excluding hydrogens is 328 g/mol. The van der Waals surface area contributed by atoms with E-state index in [1.54, 1.807) is 0 Å². The number of amides is 1. The number of benzene rings is 1. The normalized spacial score (nSPS) is 28.7. The average Bonchev–Trinajstić information content (AvgIpc) is 3.40. The molecule has 1 saturated heterocycles. The predicted octanol–water partition coefficient (Wildman–Crippen LogP) is 1.52. The van der Waals surface area contributed by atoms with Gasteiger partial charge < -0.3 is 20.4 Å². The molecule has 2 heterocycles. The lowest BCUT2D eigenvalue weighted by atomic mass is 9.83. The van der Waals surface area contributed by atoms with Crippen LogP contribution >= 0.6 is 0 Å². The molecule has 2 unspecified atom stereocenters. The van der Waals surface area contributed by atoms with Crippen LogP contribution in [0.25, 0.3) is 0 Å². The van der Waals surface area contributed by atoms with Crippen LogP contribution in [-0.4, -0.2) is 54.8 Å². The first kappa shape index (κ1) is 17.5. The Bertz CT molecular complexity index is 674. The maximum Gasteiger partial charge on any atom is 0.269 e. The van der Waals surface area contributed by atoms with Crippen molar-refractivity contribution < 1.29 is 9.63 Å². The Balaban J connectivity index is 1.39. The van der Waals surface area contributed by atoms with E-state index < -0.39 is 5.60 Å². The largest absolute Gasteiger partial charge is 0.385 e. The summed E-state index contributed by atoms with van der Waals surface area (Å²) in [5.74, 6) is 0.598. The Morgan fingerprint density at radius 2 is 2.12 bits per heavy atom. The highest BCUT2D eigenvalue weighted by Gasteiger charge is 2.50. The van der Waals surface area contributed by atoms with Crippen molar-refractivity contribution in [2.45, 2.75) is 43.9 Å². The Morgan fingerprint density at radius 3 is 2.88 bits per heavy atom. The minimum Gasteiger partial charge on any atom is -0.385 e. The van der Waals surface area contributed by atoms with E-state index >= 15 is 0 Å². The van der Waals surface area contributed by atoms with E-state index in [1.165, 1.54) is 18.4 Å². The van der Waals surface area contributed by atoms with Crippen molar-refractivity contribution in [3.05, 3.63) is 35.9 Å². The fourth-order valence-electron chi connectivity index (χ4n) is 3.93. The molecule has 1 saturated carbocycles. The highest BCUT2D eigenvalue weighted by molar-refractivity contribution is 6.39. The van der Waals surface area contributed by atoms with Crippen molar-refractivity contribution in [1.82, 2.24) is 15.5 Å². The van der Waals surface area contributed by atoms with Gasteiger partial charge in [0.25, 0.3) is 5.91 Å². The summed E-state index contributed by atoms with van der Waals surface area (Å²) in [6, 6.07) is 10.6. The van der Waals surface area contributed by atoms with Gasteiger partial charge >= 0.3 is 0 Å². The molecular formula is C20H28N4O2. The lowest BCUT2D eigenvalue weighted by Crippen LogP contribution is -2.61. The van der Waals surface area contributed by atoms with Crippen LogP contribution in [0.2, 0.25) is 0 Å². The second kappa shape index (κ2) is 7.37. The van der Waals surface area contributed by atoms with Gasteiger partial charge in [0.1, 0.15) is 5.71 Å². The van der Waals surface area contributed by atoms with Gasteiger partial charge in [0.05, 0.1) is 6.04 Å². The highest BCUT2D eigenvalue weighted by atomic mass is 16.7. The molecule has 26 heavy (non-hydrogen) atoms. The molecule has 2 atom stereocenters. The summed E-state index contributed by atoms with van der Waals surface area (Å²) in [4.78, 5) is 20.6. The number of rotatable bonds is 6. The second-order valence-electron chi connectivity index (χ2n) is 7.97. The summed E-state index contributed by atoms with van der Waals surface area (Å²) in [7, 11) is 2.10. The molecule has 1 spiro atoms. The fraction of sp³-hybridized carbons (Fsp3) is 0.600. The van der Waals surface area contributed by atoms with Gasteiger partial charge in [0.15, 0.2) is 5.60 Å². The third-order valence-electron chi connectivity index (χ3n) is 5.68. The van der Waals surface area contributed by atoms with Crippen LogP contribution in [0.3, 0.4) is 0 Å². The van der Waals surface area contributed by atoms with Crippen molar-refractivity contribution in [3.63, 3.8) is 0 Å². The topological polar surface area (TPSA) is 66.0 Å². The predicted molar refractivity (Wildman–Crippen MR) is 101 cm³/mol. The number of oxime groups is 1. The van der Waals surface area contributed by atoms with Gasteiger partial charge in [-0.05, 0) is 44.3 Å². The first-order chi connectivity index (χ1) is 12.6. The first-order valence-electron chi connectivity index (χ1n) is 9.64. The van der Waals surface area contributed by atoms with Crippen molar-refractivity contribution in [3.8, 4) is 0 Å². The molecule has 0 radical (unpaired) electrons. The van der Waals surface area contributed by atoms with Crippen LogP contribution in [0, 0.1) is 5.92 Å². The lowest BCUT2D eigenvalue weighted by Gasteiger charge is -2.43. The summed E-state index contributed by atoms with van der Waals surface area (Å²) in [6.45, 7) is 3.35. The molecule has 0 bridgehead atoms. The van der Waals surface area contributed by atoms with Gasteiger partial charge in [0.2, 0.25) is 0 Å². The number of nitrogens with zero attached hydrogens (tertiary/aromatic N) is 2. The third kappa shape index (κ3) is 3.91. The number of nitrogens with one attached hydrogen (secondary N) is 2. The smallest absolute Gasteiger partial charge is 0.269 e. The molecule has 6 heteroatoms. The van der Waals surface area contributed by atoms with E-state index in [0.717, 1.165) is 32.6 Å². The number of hydrogen-bond acceptors (Lipinski definition) is 5. The van der Waals surface area contributed by atoms with Gasteiger partial charge in [0, 0.05) is 26.1 Å². The molecule has 2 N–H and O–H groups in total. The Kier molecular flexibility index (Phi) is 4.96. The van der Waals surface area contributed by atoms with Crippen LogP contribution in [0.1, 0.15) is 31.2 Å². The van der Waals surface area contributed by atoms with Crippen molar-refractivity contribution in [2.75, 3.05) is 26.7 Å². The number of likely N-dealkylation sites (N-methyl/N-ethyl adjacent to an activating group) is 1. The Morgan fingerprint density at radius 1 is 1.31 bits per heavy atom. The maximum absolute atomic E-state index is 12.4. The second-order valence-corrected chi connectivity index (χ2v) is 7.97. The fourth-order valence-corrected chi connectivity index (χ4v) is 3.93. The summed E-state index contributed by atoms with van der Waals surface area (Å²) in [5.41, 5.74) is 1.34. The number of carbonyl (C=O) groups is 1. The monoisotopic (exact) mass is 356 g/mol. The summed E-state index contributed by atoms with van der Waals surface area (Å²) in [5, 5.41) is 10.9. The highest BCUT2D eigenvalue weighted by Crippen LogP contribution is 2.34. The van der Waals surface area contributed by atoms with Gasteiger partial charge in [-0.25, -0.2) is 0 Å². The minimum atomic E-state index is -0.450. The van der Waals surface area contributed by atoms with Gasteiger partial charge in [-0.15, -0.1) is 0 Å². The zero-order chi connectivity index (χ0) is 18.0. The van der Waals surface area contributed by atoms with Gasteiger partial charge in [-0.1, -0.05) is 35.5 Å². The van der Waals surface area contributed by atoms with E-state index in [2.05, 4.69) is 52.0 Å². The molecule has 0 aromatic heterocycles. The quantitative estimate of drug-likeness (QED) is 0.811. The zero-order valence-electron chi connectivity index (χ0n) is 15.4. The van der Waals surface area contributed by atoms with Crippen molar-refractivity contribution in [2.24, 2.45) is 11.1 Å². The van der Waals surface area contributed by atoms with E-state index in [4.69, 9.17) is 4.84 Å². The van der Waals surface area contributed by atoms with Gasteiger partial charge in [-0.3, -0.25) is 4.79 Å². The molecule has 4 rings (SSSR count). The molecule has 2 fully saturated rings. The number of hydrogen-bond donors (Lipinski definition) is 2. The van der Waals surface area contributed by atoms with E-state index in [0.29, 0.717) is 18.1 Å². The average molecular weight is 356 g/mol. The van der Waals surface area contributed by atoms with Crippen LogP contribution in [0.4, 0.5) is 0 Å². The van der Waals surface area contributed by atoms with Crippen LogP contribution in [0.5, 0.6) is 0 Å².